The van der Waals surface area contributed by atoms with Crippen LogP contribution in [0.4, 0.5) is 26.3 Å². The molecule has 0 N–H and O–H groups in total. The standard InChI is InChI=1S/C18H12F6O7S2/c19-17(20,21)32(25,26)30-11-1-3-13-9(5-11)7-16-14-4-2-12(6-10(14)8-15(13)29-16)31-33(27,28)18(22,23)24/h1-6,15-16H,7-8H2/t15-,16-/m0/s1. The molecule has 2 bridgehead atoms. The first-order valence-electron chi connectivity index (χ1n) is 9.00. The van der Waals surface area contributed by atoms with Crippen LogP contribution in [0.5, 0.6) is 11.5 Å². The molecular weight excluding hydrogens is 506 g/mol. The van der Waals surface area contributed by atoms with Crippen molar-refractivity contribution in [1.82, 2.24) is 0 Å². The Hall–Kier alpha value is -2.52. The van der Waals surface area contributed by atoms with Gasteiger partial charge in [-0.3, -0.25) is 0 Å². The van der Waals surface area contributed by atoms with E-state index in [0.29, 0.717) is 22.3 Å². The van der Waals surface area contributed by atoms with Crippen LogP contribution in [0, 0.1) is 0 Å². The van der Waals surface area contributed by atoms with E-state index in [-0.39, 0.29) is 12.8 Å². The average Bonchev–Trinajstić information content (AvgIpc) is 2.65. The fraction of sp³-hybridized carbons (Fsp3) is 0.333. The predicted octanol–water partition coefficient (Wildman–Crippen LogP) is 4.05. The lowest BCUT2D eigenvalue weighted by molar-refractivity contribution is -0.0504. The molecule has 2 aliphatic heterocycles. The lowest BCUT2D eigenvalue weighted by Gasteiger charge is -2.38. The lowest BCUT2D eigenvalue weighted by atomic mass is 9.82. The molecule has 2 aromatic carbocycles. The molecule has 180 valence electrons. The zero-order valence-electron chi connectivity index (χ0n) is 16.0. The van der Waals surface area contributed by atoms with Gasteiger partial charge < -0.3 is 13.1 Å². The molecule has 15 heteroatoms. The molecule has 2 aliphatic rings. The summed E-state index contributed by atoms with van der Waals surface area (Å²) >= 11 is 0. The maximum absolute atomic E-state index is 12.6. The Kier molecular flexibility index (Phi) is 5.37. The summed E-state index contributed by atoms with van der Waals surface area (Å²) in [4.78, 5) is 0. The molecule has 0 amide bonds. The third kappa shape index (κ3) is 4.36. The second kappa shape index (κ2) is 7.50. The van der Waals surface area contributed by atoms with E-state index in [4.69, 9.17) is 4.74 Å². The third-order valence-corrected chi connectivity index (χ3v) is 7.00. The molecule has 7 nitrogen and oxygen atoms in total. The fourth-order valence-electron chi connectivity index (χ4n) is 3.66. The number of fused-ring (bicyclic) bond motifs is 6. The second-order valence-electron chi connectivity index (χ2n) is 7.21. The van der Waals surface area contributed by atoms with Crippen molar-refractivity contribution in [1.29, 1.82) is 0 Å². The van der Waals surface area contributed by atoms with Gasteiger partial charge in [-0.15, -0.1) is 0 Å². The van der Waals surface area contributed by atoms with E-state index in [2.05, 4.69) is 8.37 Å². The summed E-state index contributed by atoms with van der Waals surface area (Å²) < 4.78 is 135. The van der Waals surface area contributed by atoms with E-state index < -0.39 is 55.0 Å². The van der Waals surface area contributed by atoms with Crippen LogP contribution in [-0.4, -0.2) is 27.9 Å². The maximum atomic E-state index is 12.6. The molecule has 33 heavy (non-hydrogen) atoms. The van der Waals surface area contributed by atoms with Crippen LogP contribution in [0.1, 0.15) is 34.5 Å². The maximum Gasteiger partial charge on any atom is 0.534 e. The van der Waals surface area contributed by atoms with Gasteiger partial charge in [0.2, 0.25) is 0 Å². The Balaban J connectivity index is 1.60. The van der Waals surface area contributed by atoms with Crippen molar-refractivity contribution in [3.63, 3.8) is 0 Å². The SMILES string of the molecule is O=S(=O)(Oc1ccc2c(c1)C[C@@H]1O[C@H]2Cc2cc(OS(=O)(=O)C(F)(F)F)ccc21)C(F)(F)F. The summed E-state index contributed by atoms with van der Waals surface area (Å²) in [5.41, 5.74) is -9.22. The first-order valence-corrected chi connectivity index (χ1v) is 11.8. The van der Waals surface area contributed by atoms with Gasteiger partial charge in [-0.25, -0.2) is 0 Å². The zero-order chi connectivity index (χ0) is 24.4. The minimum absolute atomic E-state index is 0.100. The molecule has 0 spiro atoms. The number of rotatable bonds is 4. The van der Waals surface area contributed by atoms with Gasteiger partial charge in [0.05, 0.1) is 12.2 Å². The first kappa shape index (κ1) is 23.6. The monoisotopic (exact) mass is 518 g/mol. The summed E-state index contributed by atoms with van der Waals surface area (Å²) in [5.74, 6) is -1.07. The molecule has 0 saturated heterocycles. The van der Waals surface area contributed by atoms with Gasteiger partial charge in [-0.2, -0.15) is 43.2 Å². The molecule has 2 heterocycles. The average molecular weight is 518 g/mol. The molecular formula is C18H12F6O7S2. The quantitative estimate of drug-likeness (QED) is 0.342. The number of hydrogen-bond acceptors (Lipinski definition) is 7. The van der Waals surface area contributed by atoms with E-state index in [1.807, 2.05) is 0 Å². The summed E-state index contributed by atoms with van der Waals surface area (Å²) in [6.45, 7) is 0. The van der Waals surface area contributed by atoms with Crippen LogP contribution in [0.15, 0.2) is 36.4 Å². The summed E-state index contributed by atoms with van der Waals surface area (Å²) in [6.07, 6.45) is -1.12. The molecule has 0 fully saturated rings. The van der Waals surface area contributed by atoms with E-state index in [9.17, 15) is 43.2 Å². The molecule has 0 saturated carbocycles. The predicted molar refractivity (Wildman–Crippen MR) is 98.1 cm³/mol. The number of alkyl halides is 6. The Morgan fingerprint density at radius 1 is 0.697 bits per heavy atom. The molecule has 0 unspecified atom stereocenters. The van der Waals surface area contributed by atoms with Gasteiger partial charge in [-0.05, 0) is 46.5 Å². The van der Waals surface area contributed by atoms with E-state index >= 15 is 0 Å². The fourth-order valence-corrected chi connectivity index (χ4v) is 4.56. The number of benzene rings is 2. The highest BCUT2D eigenvalue weighted by Crippen LogP contribution is 2.46. The van der Waals surface area contributed by atoms with Crippen molar-refractivity contribution >= 4 is 20.2 Å². The van der Waals surface area contributed by atoms with Crippen molar-refractivity contribution in [3.05, 3.63) is 58.7 Å². The highest BCUT2D eigenvalue weighted by Gasteiger charge is 2.49. The van der Waals surface area contributed by atoms with Crippen molar-refractivity contribution in [3.8, 4) is 11.5 Å². The summed E-state index contributed by atoms with van der Waals surface area (Å²) in [7, 11) is -11.7. The summed E-state index contributed by atoms with van der Waals surface area (Å²) in [5, 5.41) is 0. The van der Waals surface area contributed by atoms with Gasteiger partial charge in [0.15, 0.2) is 0 Å². The highest BCUT2D eigenvalue weighted by atomic mass is 32.2. The topological polar surface area (TPSA) is 96.0 Å². The molecule has 0 aromatic heterocycles. The molecule has 2 aromatic rings. The Bertz CT molecular complexity index is 1220. The van der Waals surface area contributed by atoms with Crippen LogP contribution in [0.25, 0.3) is 0 Å². The first-order chi connectivity index (χ1) is 15.1. The zero-order valence-corrected chi connectivity index (χ0v) is 17.6. The van der Waals surface area contributed by atoms with Gasteiger partial charge >= 0.3 is 31.3 Å². The summed E-state index contributed by atoms with van der Waals surface area (Å²) in [6, 6.07) is 7.01. The Labute approximate surface area is 183 Å². The van der Waals surface area contributed by atoms with E-state index in [1.165, 1.54) is 12.1 Å². The van der Waals surface area contributed by atoms with Crippen LogP contribution < -0.4 is 8.37 Å². The smallest absolute Gasteiger partial charge is 0.376 e. The number of hydrogen-bond donors (Lipinski definition) is 0. The van der Waals surface area contributed by atoms with Crippen molar-refractivity contribution in [2.24, 2.45) is 0 Å². The van der Waals surface area contributed by atoms with Gasteiger partial charge in [-0.1, -0.05) is 12.1 Å². The van der Waals surface area contributed by atoms with Crippen LogP contribution in [-0.2, 0) is 37.8 Å². The lowest BCUT2D eigenvalue weighted by Crippen LogP contribution is -2.30. The van der Waals surface area contributed by atoms with E-state index in [0.717, 1.165) is 24.3 Å². The van der Waals surface area contributed by atoms with Gasteiger partial charge in [0.25, 0.3) is 0 Å². The normalized spacial score (nSPS) is 20.5. The van der Waals surface area contributed by atoms with Crippen molar-refractivity contribution in [2.45, 2.75) is 36.1 Å². The molecule has 0 aliphatic carbocycles. The number of ether oxygens (including phenoxy) is 1. The minimum atomic E-state index is -5.85. The van der Waals surface area contributed by atoms with Crippen LogP contribution >= 0.6 is 0 Å². The largest absolute Gasteiger partial charge is 0.534 e. The van der Waals surface area contributed by atoms with Crippen LogP contribution in [0.3, 0.4) is 0 Å². The highest BCUT2D eigenvalue weighted by molar-refractivity contribution is 7.88. The molecule has 2 atom stereocenters. The van der Waals surface area contributed by atoms with Crippen LogP contribution in [0.2, 0.25) is 0 Å². The Morgan fingerprint density at radius 2 is 1.06 bits per heavy atom. The van der Waals surface area contributed by atoms with Gasteiger partial charge in [0, 0.05) is 12.8 Å². The molecule has 0 radical (unpaired) electrons. The third-order valence-electron chi connectivity index (χ3n) is 5.04. The number of halogens is 6. The van der Waals surface area contributed by atoms with Crippen molar-refractivity contribution < 1.29 is 56.3 Å². The Morgan fingerprint density at radius 3 is 1.39 bits per heavy atom. The van der Waals surface area contributed by atoms with E-state index in [1.54, 1.807) is 0 Å². The minimum Gasteiger partial charge on any atom is -0.376 e. The second-order valence-corrected chi connectivity index (χ2v) is 10.3. The van der Waals surface area contributed by atoms with Gasteiger partial charge in [0.1, 0.15) is 11.5 Å². The molecule has 4 rings (SSSR count). The van der Waals surface area contributed by atoms with Crippen molar-refractivity contribution in [2.75, 3.05) is 0 Å².